The van der Waals surface area contributed by atoms with Crippen LogP contribution in [0.4, 0.5) is 5.82 Å². The molecule has 0 aromatic carbocycles. The highest BCUT2D eigenvalue weighted by Gasteiger charge is 1.96. The Morgan fingerprint density at radius 2 is 2.13 bits per heavy atom. The lowest BCUT2D eigenvalue weighted by atomic mass is 10.4. The summed E-state index contributed by atoms with van der Waals surface area (Å²) in [6, 6.07) is 1.75. The number of hydrogen-bond acceptors (Lipinski definition) is 5. The van der Waals surface area contributed by atoms with Crippen LogP contribution in [0, 0.1) is 0 Å². The summed E-state index contributed by atoms with van der Waals surface area (Å²) in [4.78, 5) is 7.90. The minimum absolute atomic E-state index is 0. The van der Waals surface area contributed by atoms with Crippen molar-refractivity contribution in [2.24, 2.45) is 5.73 Å². The fraction of sp³-hybridized carbons (Fsp3) is 0.500. The molecule has 0 spiro atoms. The van der Waals surface area contributed by atoms with Gasteiger partial charge in [-0.25, -0.2) is 9.97 Å². The van der Waals surface area contributed by atoms with Gasteiger partial charge in [0.05, 0.1) is 7.11 Å². The number of nitrogens with one attached hydrogen (secondary N) is 1. The summed E-state index contributed by atoms with van der Waals surface area (Å²) in [6.45, 7) is 1.49. The van der Waals surface area contributed by atoms with Crippen LogP contribution in [0.25, 0.3) is 0 Å². The van der Waals surface area contributed by atoms with Crippen molar-refractivity contribution in [3.8, 4) is 5.88 Å². The first-order chi connectivity index (χ1) is 6.36. The number of aromatic nitrogens is 2. The zero-order chi connectivity index (χ0) is 9.52. The number of methoxy groups -OCH3 is 1. The number of nitrogens with zero attached hydrogens (tertiary/aromatic N) is 2. The Morgan fingerprint density at radius 3 is 2.73 bits per heavy atom. The van der Waals surface area contributed by atoms with E-state index < -0.39 is 0 Å². The van der Waals surface area contributed by atoms with E-state index in [2.05, 4.69) is 15.3 Å². The van der Waals surface area contributed by atoms with Crippen molar-refractivity contribution >= 4 is 30.6 Å². The van der Waals surface area contributed by atoms with Crippen LogP contribution in [0.1, 0.15) is 6.42 Å². The Labute approximate surface area is 102 Å². The van der Waals surface area contributed by atoms with Gasteiger partial charge >= 0.3 is 0 Å². The molecule has 7 heteroatoms. The molecule has 0 unspecified atom stereocenters. The van der Waals surface area contributed by atoms with Crippen molar-refractivity contribution in [1.82, 2.24) is 9.97 Å². The van der Waals surface area contributed by atoms with E-state index in [4.69, 9.17) is 10.5 Å². The molecule has 0 bridgehead atoms. The number of rotatable bonds is 5. The normalized spacial score (nSPS) is 8.40. The molecule has 0 radical (unpaired) electrons. The van der Waals surface area contributed by atoms with Crippen LogP contribution >= 0.6 is 24.8 Å². The van der Waals surface area contributed by atoms with Gasteiger partial charge in [0, 0.05) is 12.6 Å². The smallest absolute Gasteiger partial charge is 0.218 e. The van der Waals surface area contributed by atoms with E-state index in [1.54, 1.807) is 13.2 Å². The van der Waals surface area contributed by atoms with E-state index >= 15 is 0 Å². The number of hydrogen-bond donors (Lipinski definition) is 2. The summed E-state index contributed by atoms with van der Waals surface area (Å²) in [5, 5.41) is 3.11. The number of ether oxygens (including phenoxy) is 1. The van der Waals surface area contributed by atoms with Crippen molar-refractivity contribution < 1.29 is 4.74 Å². The summed E-state index contributed by atoms with van der Waals surface area (Å²) >= 11 is 0. The van der Waals surface area contributed by atoms with Crippen molar-refractivity contribution in [3.05, 3.63) is 12.4 Å². The third kappa shape index (κ3) is 6.33. The Kier molecular flexibility index (Phi) is 10.8. The molecule has 0 atom stereocenters. The standard InChI is InChI=1S/C8H14N4O.2ClH/c1-13-8-5-7(11-6-12-8)10-4-2-3-9;;/h5-6H,2-4,9H2,1H3,(H,10,11,12);2*1H. The minimum atomic E-state index is 0. The SMILES string of the molecule is COc1cc(NCCCN)ncn1.Cl.Cl. The van der Waals surface area contributed by atoms with Crippen LogP contribution in [0.2, 0.25) is 0 Å². The van der Waals surface area contributed by atoms with Crippen molar-refractivity contribution in [1.29, 1.82) is 0 Å². The lowest BCUT2D eigenvalue weighted by Crippen LogP contribution is -2.09. The number of nitrogens with two attached hydrogens (primary N) is 1. The second kappa shape index (κ2) is 9.76. The molecule has 88 valence electrons. The minimum Gasteiger partial charge on any atom is -0.481 e. The molecule has 0 saturated heterocycles. The summed E-state index contributed by atoms with van der Waals surface area (Å²) < 4.78 is 4.95. The fourth-order valence-corrected chi connectivity index (χ4v) is 0.866. The van der Waals surface area contributed by atoms with Crippen LogP contribution in [-0.4, -0.2) is 30.2 Å². The highest BCUT2D eigenvalue weighted by Crippen LogP contribution is 2.09. The molecule has 1 heterocycles. The molecule has 3 N–H and O–H groups in total. The first-order valence-electron chi connectivity index (χ1n) is 4.17. The Balaban J connectivity index is 0. The van der Waals surface area contributed by atoms with E-state index in [0.29, 0.717) is 12.4 Å². The largest absolute Gasteiger partial charge is 0.481 e. The van der Waals surface area contributed by atoms with Crippen LogP contribution in [0.15, 0.2) is 12.4 Å². The third-order valence-electron chi connectivity index (χ3n) is 1.54. The summed E-state index contributed by atoms with van der Waals surface area (Å²) in [7, 11) is 1.58. The average molecular weight is 255 g/mol. The molecule has 0 amide bonds. The average Bonchev–Trinajstić information content (AvgIpc) is 2.19. The topological polar surface area (TPSA) is 73.1 Å². The zero-order valence-electron chi connectivity index (χ0n) is 8.47. The van der Waals surface area contributed by atoms with Crippen LogP contribution in [-0.2, 0) is 0 Å². The van der Waals surface area contributed by atoms with Crippen molar-refractivity contribution in [2.45, 2.75) is 6.42 Å². The number of halogens is 2. The second-order valence-electron chi connectivity index (χ2n) is 2.51. The highest BCUT2D eigenvalue weighted by atomic mass is 35.5. The maximum atomic E-state index is 5.35. The summed E-state index contributed by atoms with van der Waals surface area (Å²) in [5.74, 6) is 1.32. The molecular weight excluding hydrogens is 239 g/mol. The van der Waals surface area contributed by atoms with Gasteiger partial charge in [-0.2, -0.15) is 0 Å². The van der Waals surface area contributed by atoms with Gasteiger partial charge in [0.25, 0.3) is 0 Å². The van der Waals surface area contributed by atoms with Gasteiger partial charge in [-0.15, -0.1) is 24.8 Å². The lowest BCUT2D eigenvalue weighted by Gasteiger charge is -2.04. The first-order valence-corrected chi connectivity index (χ1v) is 4.17. The van der Waals surface area contributed by atoms with E-state index in [-0.39, 0.29) is 24.8 Å². The predicted molar refractivity (Wildman–Crippen MR) is 65.2 cm³/mol. The van der Waals surface area contributed by atoms with Gasteiger partial charge in [-0.1, -0.05) is 0 Å². The Bertz CT molecular complexity index is 262. The Morgan fingerprint density at radius 1 is 1.40 bits per heavy atom. The quantitative estimate of drug-likeness (QED) is 0.770. The van der Waals surface area contributed by atoms with Crippen LogP contribution in [0.3, 0.4) is 0 Å². The van der Waals surface area contributed by atoms with Crippen LogP contribution in [0.5, 0.6) is 5.88 Å². The van der Waals surface area contributed by atoms with Gasteiger partial charge < -0.3 is 15.8 Å². The van der Waals surface area contributed by atoms with Gasteiger partial charge in [-0.3, -0.25) is 0 Å². The molecule has 0 aliphatic carbocycles. The molecule has 0 aliphatic heterocycles. The lowest BCUT2D eigenvalue weighted by molar-refractivity contribution is 0.397. The van der Waals surface area contributed by atoms with E-state index in [1.165, 1.54) is 6.33 Å². The maximum absolute atomic E-state index is 5.35. The third-order valence-corrected chi connectivity index (χ3v) is 1.54. The fourth-order valence-electron chi connectivity index (χ4n) is 0.866. The van der Waals surface area contributed by atoms with E-state index in [0.717, 1.165) is 18.8 Å². The molecular formula is C8H16Cl2N4O. The van der Waals surface area contributed by atoms with Crippen LogP contribution < -0.4 is 15.8 Å². The van der Waals surface area contributed by atoms with E-state index in [9.17, 15) is 0 Å². The molecule has 1 rings (SSSR count). The molecule has 5 nitrogen and oxygen atoms in total. The monoisotopic (exact) mass is 254 g/mol. The summed E-state index contributed by atoms with van der Waals surface area (Å²) in [5.41, 5.74) is 5.35. The second-order valence-corrected chi connectivity index (χ2v) is 2.51. The van der Waals surface area contributed by atoms with Gasteiger partial charge in [0.1, 0.15) is 12.1 Å². The molecule has 0 saturated carbocycles. The number of anilines is 1. The molecule has 15 heavy (non-hydrogen) atoms. The molecule has 0 aliphatic rings. The van der Waals surface area contributed by atoms with E-state index in [1.807, 2.05) is 0 Å². The highest BCUT2D eigenvalue weighted by molar-refractivity contribution is 5.85. The molecule has 1 aromatic rings. The summed E-state index contributed by atoms with van der Waals surface area (Å²) in [6.07, 6.45) is 2.38. The molecule has 1 aromatic heterocycles. The van der Waals surface area contributed by atoms with Gasteiger partial charge in [-0.05, 0) is 13.0 Å². The first kappa shape index (κ1) is 16.6. The Hall–Kier alpha value is -0.780. The van der Waals surface area contributed by atoms with Gasteiger partial charge in [0.15, 0.2) is 0 Å². The van der Waals surface area contributed by atoms with Crippen molar-refractivity contribution in [2.75, 3.05) is 25.5 Å². The van der Waals surface area contributed by atoms with Crippen molar-refractivity contribution in [3.63, 3.8) is 0 Å². The maximum Gasteiger partial charge on any atom is 0.218 e. The molecule has 0 fully saturated rings. The zero-order valence-corrected chi connectivity index (χ0v) is 10.1. The van der Waals surface area contributed by atoms with Gasteiger partial charge in [0.2, 0.25) is 5.88 Å². The predicted octanol–water partition coefficient (Wildman–Crippen LogP) is 1.09.